The first-order valence-corrected chi connectivity index (χ1v) is 13.3. The van der Waals surface area contributed by atoms with Crippen LogP contribution in [-0.2, 0) is 10.8 Å². The normalized spacial score (nSPS) is 15.8. The number of rotatable bonds is 10. The fourth-order valence-electron chi connectivity index (χ4n) is 2.55. The van der Waals surface area contributed by atoms with E-state index < -0.39 is 8.32 Å². The minimum absolute atomic E-state index is 0.262. The van der Waals surface area contributed by atoms with Gasteiger partial charge in [-0.05, 0) is 48.3 Å². The summed E-state index contributed by atoms with van der Waals surface area (Å²) in [6.07, 6.45) is 11.0. The van der Waals surface area contributed by atoms with Crippen molar-refractivity contribution < 1.29 is 4.43 Å². The van der Waals surface area contributed by atoms with Gasteiger partial charge in [-0.2, -0.15) is 0 Å². The minimum Gasteiger partial charge on any atom is -0.411 e. The molecule has 0 saturated heterocycles. The molecule has 0 N–H and O–H groups in total. The van der Waals surface area contributed by atoms with E-state index in [1.165, 1.54) is 24.1 Å². The number of hydrogen-bond acceptors (Lipinski definition) is 2. The van der Waals surface area contributed by atoms with Crippen LogP contribution in [0.15, 0.2) is 29.7 Å². The second-order valence-corrected chi connectivity index (χ2v) is 14.4. The van der Waals surface area contributed by atoms with Gasteiger partial charge in [0.05, 0.1) is 6.10 Å². The maximum absolute atomic E-state index is 6.73. The number of allylic oxidation sites excluding steroid dienone is 1. The molecule has 0 bridgehead atoms. The summed E-state index contributed by atoms with van der Waals surface area (Å²) < 4.78 is 6.73. The second-order valence-electron chi connectivity index (χ2n) is 8.61. The Hall–Kier alpha value is -0.383. The average molecular weight is 367 g/mol. The van der Waals surface area contributed by atoms with Gasteiger partial charge >= 0.3 is 0 Å². The number of hydrogen-bond donors (Lipinski definition) is 0. The molecule has 0 spiro atoms. The number of thiophene rings is 1. The molecule has 1 aromatic heterocycles. The Morgan fingerprint density at radius 1 is 1.29 bits per heavy atom. The molecule has 0 aliphatic carbocycles. The lowest BCUT2D eigenvalue weighted by molar-refractivity contribution is 0.191. The van der Waals surface area contributed by atoms with Crippen LogP contribution in [0.2, 0.25) is 18.1 Å². The summed E-state index contributed by atoms with van der Waals surface area (Å²) >= 11 is 1.83. The maximum atomic E-state index is 6.73. The van der Waals surface area contributed by atoms with Crippen LogP contribution in [0.3, 0.4) is 0 Å². The van der Waals surface area contributed by atoms with E-state index in [1.807, 2.05) is 11.3 Å². The van der Waals surface area contributed by atoms with Gasteiger partial charge < -0.3 is 4.43 Å². The molecule has 1 aromatic rings. The Bertz CT molecular complexity index is 471. The van der Waals surface area contributed by atoms with Crippen LogP contribution in [0.4, 0.5) is 0 Å². The molecular formula is C21H38OSSi. The van der Waals surface area contributed by atoms with Gasteiger partial charge in [0.2, 0.25) is 0 Å². The van der Waals surface area contributed by atoms with Gasteiger partial charge in [0.1, 0.15) is 0 Å². The summed E-state index contributed by atoms with van der Waals surface area (Å²) in [5.74, 6) is 0.728. The second kappa shape index (κ2) is 9.93. The van der Waals surface area contributed by atoms with Crippen LogP contribution in [0.25, 0.3) is 0 Å². The van der Waals surface area contributed by atoms with Crippen molar-refractivity contribution in [2.75, 3.05) is 0 Å². The Morgan fingerprint density at radius 3 is 2.54 bits per heavy atom. The van der Waals surface area contributed by atoms with E-state index in [4.69, 9.17) is 4.43 Å². The Kier molecular flexibility index (Phi) is 8.97. The molecule has 2 atom stereocenters. The third kappa shape index (κ3) is 7.67. The molecule has 1 nitrogen and oxygen atoms in total. The topological polar surface area (TPSA) is 9.23 Å². The van der Waals surface area contributed by atoms with Crippen molar-refractivity contribution in [3.63, 3.8) is 0 Å². The maximum Gasteiger partial charge on any atom is 0.192 e. The first-order chi connectivity index (χ1) is 11.2. The predicted octanol–water partition coefficient (Wildman–Crippen LogP) is 7.45. The van der Waals surface area contributed by atoms with Crippen molar-refractivity contribution in [2.24, 2.45) is 5.92 Å². The molecule has 0 amide bonds. The summed E-state index contributed by atoms with van der Waals surface area (Å²) in [6.45, 7) is 16.4. The molecule has 0 fully saturated rings. The summed E-state index contributed by atoms with van der Waals surface area (Å²) in [6, 6.07) is 4.34. The Balaban J connectivity index is 2.72. The van der Waals surface area contributed by atoms with E-state index in [9.17, 15) is 0 Å². The zero-order valence-corrected chi connectivity index (χ0v) is 18.7. The quantitative estimate of drug-likeness (QED) is 0.308. The Labute approximate surface area is 155 Å². The van der Waals surface area contributed by atoms with Gasteiger partial charge in [0.25, 0.3) is 0 Å². The molecule has 0 aliphatic heterocycles. The zero-order valence-electron chi connectivity index (χ0n) is 16.9. The van der Waals surface area contributed by atoms with E-state index in [0.717, 1.165) is 18.8 Å². The van der Waals surface area contributed by atoms with E-state index in [0.29, 0.717) is 0 Å². The van der Waals surface area contributed by atoms with Crippen molar-refractivity contribution in [1.82, 2.24) is 0 Å². The third-order valence-electron chi connectivity index (χ3n) is 5.19. The van der Waals surface area contributed by atoms with Crippen LogP contribution in [-0.4, -0.2) is 14.4 Å². The highest BCUT2D eigenvalue weighted by atomic mass is 32.1. The fraction of sp³-hybridized carbons (Fsp3) is 0.714. The first-order valence-electron chi connectivity index (χ1n) is 9.52. The smallest absolute Gasteiger partial charge is 0.192 e. The fourth-order valence-corrected chi connectivity index (χ4v) is 4.52. The lowest BCUT2D eigenvalue weighted by atomic mass is 9.97. The predicted molar refractivity (Wildman–Crippen MR) is 113 cm³/mol. The molecule has 0 radical (unpaired) electrons. The lowest BCUT2D eigenvalue weighted by Gasteiger charge is -2.39. The van der Waals surface area contributed by atoms with Gasteiger partial charge in [-0.15, -0.1) is 11.3 Å². The van der Waals surface area contributed by atoms with Crippen LogP contribution in [0.1, 0.15) is 65.2 Å². The van der Waals surface area contributed by atoms with E-state index in [-0.39, 0.29) is 11.1 Å². The SMILES string of the molecule is CCCC[C@H](C)CC(/C=C/Cc1cccs1)O[Si](C)(C)C(C)(C)C. The van der Waals surface area contributed by atoms with Crippen molar-refractivity contribution >= 4 is 19.7 Å². The Morgan fingerprint density at radius 2 is 2.00 bits per heavy atom. The van der Waals surface area contributed by atoms with E-state index in [2.05, 4.69) is 77.4 Å². The highest BCUT2D eigenvalue weighted by Gasteiger charge is 2.38. The summed E-state index contributed by atoms with van der Waals surface area (Å²) in [5.41, 5.74) is 0. The summed E-state index contributed by atoms with van der Waals surface area (Å²) in [7, 11) is -1.73. The molecule has 0 aromatic carbocycles. The molecule has 0 aliphatic rings. The van der Waals surface area contributed by atoms with Crippen molar-refractivity contribution in [3.8, 4) is 0 Å². The summed E-state index contributed by atoms with van der Waals surface area (Å²) in [5, 5.41) is 2.42. The molecular weight excluding hydrogens is 328 g/mol. The van der Waals surface area contributed by atoms with Crippen LogP contribution < -0.4 is 0 Å². The number of unbranched alkanes of at least 4 members (excludes halogenated alkanes) is 1. The highest BCUT2D eigenvalue weighted by Crippen LogP contribution is 2.38. The molecule has 24 heavy (non-hydrogen) atoms. The molecule has 1 unspecified atom stereocenters. The molecule has 1 rings (SSSR count). The summed E-state index contributed by atoms with van der Waals surface area (Å²) in [4.78, 5) is 1.43. The van der Waals surface area contributed by atoms with Gasteiger partial charge in [0, 0.05) is 4.88 Å². The van der Waals surface area contributed by atoms with Crippen LogP contribution >= 0.6 is 11.3 Å². The molecule has 3 heteroatoms. The van der Waals surface area contributed by atoms with Gasteiger partial charge in [0.15, 0.2) is 8.32 Å². The van der Waals surface area contributed by atoms with E-state index in [1.54, 1.807) is 0 Å². The van der Waals surface area contributed by atoms with Gasteiger partial charge in [-0.3, -0.25) is 0 Å². The van der Waals surface area contributed by atoms with Crippen LogP contribution in [0, 0.1) is 5.92 Å². The molecule has 0 saturated carbocycles. The van der Waals surface area contributed by atoms with Crippen molar-refractivity contribution in [3.05, 3.63) is 34.5 Å². The van der Waals surface area contributed by atoms with E-state index >= 15 is 0 Å². The molecule has 138 valence electrons. The third-order valence-corrected chi connectivity index (χ3v) is 10.6. The lowest BCUT2D eigenvalue weighted by Crippen LogP contribution is -2.43. The van der Waals surface area contributed by atoms with Crippen molar-refractivity contribution in [1.29, 1.82) is 0 Å². The van der Waals surface area contributed by atoms with Gasteiger partial charge in [-0.25, -0.2) is 0 Å². The van der Waals surface area contributed by atoms with Gasteiger partial charge in [-0.1, -0.05) is 72.1 Å². The van der Waals surface area contributed by atoms with Crippen molar-refractivity contribution in [2.45, 2.75) is 91.0 Å². The standard InChI is InChI=1S/C21H38OSSi/c1-8-9-12-18(2)17-19(22-24(6,7)21(3,4)5)13-10-14-20-15-11-16-23-20/h10-11,13,15-16,18-19H,8-9,12,14,17H2,1-7H3/b13-10+/t18-,19?/m0/s1. The zero-order chi connectivity index (χ0) is 18.2. The largest absolute Gasteiger partial charge is 0.411 e. The first kappa shape index (κ1) is 21.7. The average Bonchev–Trinajstić information content (AvgIpc) is 2.96. The van der Waals surface area contributed by atoms with Crippen LogP contribution in [0.5, 0.6) is 0 Å². The highest BCUT2D eigenvalue weighted by molar-refractivity contribution is 7.09. The molecule has 1 heterocycles. The minimum atomic E-state index is -1.73. The monoisotopic (exact) mass is 366 g/mol.